The third kappa shape index (κ3) is 8.68. The number of benzene rings is 18. The van der Waals surface area contributed by atoms with Gasteiger partial charge in [0, 0.05) is 77.2 Å². The molecule has 6 heteroatoms. The summed E-state index contributed by atoms with van der Waals surface area (Å²) in [5, 5.41) is 18.7. The largest absolute Gasteiger partial charge is 0.454 e. The van der Waals surface area contributed by atoms with E-state index in [2.05, 4.69) is 359 Å². The van der Waals surface area contributed by atoms with Crippen LogP contribution in [-0.2, 0) is 0 Å². The Morgan fingerprint density at radius 3 is 0.765 bits per heavy atom. The van der Waals surface area contributed by atoms with E-state index in [1.807, 2.05) is 12.1 Å². The van der Waals surface area contributed by atoms with E-state index in [0.717, 1.165) is 134 Å². The van der Waals surface area contributed by atoms with E-state index in [0.29, 0.717) is 0 Å². The molecule has 0 radical (unpaired) electrons. The minimum atomic E-state index is 0.857. The van der Waals surface area contributed by atoms with Gasteiger partial charge in [0.15, 0.2) is 11.2 Å². The molecule has 0 bridgehead atoms. The van der Waals surface area contributed by atoms with E-state index in [1.54, 1.807) is 0 Å². The van der Waals surface area contributed by atoms with Crippen LogP contribution in [-0.4, -0.2) is 0 Å². The molecule has 0 N–H and O–H groups in total. The van der Waals surface area contributed by atoms with Gasteiger partial charge in [-0.3, -0.25) is 0 Å². The van der Waals surface area contributed by atoms with Gasteiger partial charge in [-0.15, -0.1) is 0 Å². The molecule has 18 aromatic carbocycles. The Labute approximate surface area is 564 Å². The van der Waals surface area contributed by atoms with Crippen molar-refractivity contribution in [2.45, 2.75) is 0 Å². The van der Waals surface area contributed by atoms with Crippen molar-refractivity contribution in [3.63, 3.8) is 0 Å². The van der Waals surface area contributed by atoms with Crippen molar-refractivity contribution in [1.82, 2.24) is 0 Å². The number of nitrogens with zero attached hydrogens (tertiary/aromatic N) is 4. The molecule has 0 amide bonds. The Hall–Kier alpha value is -13.2. The molecule has 6 nitrogen and oxygen atoms in total. The van der Waals surface area contributed by atoms with Crippen molar-refractivity contribution in [3.8, 4) is 11.1 Å². The van der Waals surface area contributed by atoms with Gasteiger partial charge < -0.3 is 28.4 Å². The highest BCUT2D eigenvalue weighted by molar-refractivity contribution is 6.30. The van der Waals surface area contributed by atoms with Crippen LogP contribution in [0.3, 0.4) is 0 Å². The molecule has 0 fully saturated rings. The highest BCUT2D eigenvalue weighted by Crippen LogP contribution is 2.52. The first kappa shape index (κ1) is 55.3. The second kappa shape index (κ2) is 22.2. The van der Waals surface area contributed by atoms with E-state index in [-0.39, 0.29) is 0 Å². The van der Waals surface area contributed by atoms with E-state index in [9.17, 15) is 0 Å². The lowest BCUT2D eigenvalue weighted by Crippen LogP contribution is -2.11. The minimum Gasteiger partial charge on any atom is -0.454 e. The molecule has 0 aliphatic carbocycles. The van der Waals surface area contributed by atoms with Crippen LogP contribution in [0.4, 0.5) is 68.2 Å². The number of rotatable bonds is 13. The number of furan rings is 2. The Balaban J connectivity index is 0.672. The van der Waals surface area contributed by atoms with Crippen LogP contribution >= 0.6 is 0 Å². The van der Waals surface area contributed by atoms with Crippen molar-refractivity contribution >= 4 is 177 Å². The fraction of sp³-hybridized carbons (Fsp3) is 0. The summed E-state index contributed by atoms with van der Waals surface area (Å²) in [6, 6.07) is 127. The van der Waals surface area contributed by atoms with Gasteiger partial charge in [0.1, 0.15) is 11.2 Å². The van der Waals surface area contributed by atoms with Gasteiger partial charge >= 0.3 is 0 Å². The van der Waals surface area contributed by atoms with Gasteiger partial charge in [-0.1, -0.05) is 231 Å². The zero-order chi connectivity index (χ0) is 64.4. The molecule has 20 aromatic rings. The molecule has 0 unspecified atom stereocenters. The summed E-state index contributed by atoms with van der Waals surface area (Å²) >= 11 is 0. The molecule has 0 aliphatic heterocycles. The van der Waals surface area contributed by atoms with Crippen molar-refractivity contribution in [2.75, 3.05) is 19.6 Å². The van der Waals surface area contributed by atoms with Crippen molar-refractivity contribution < 1.29 is 8.83 Å². The summed E-state index contributed by atoms with van der Waals surface area (Å²) in [5.74, 6) is 0. The molecular formula is C92H58N4O2. The normalized spacial score (nSPS) is 11.9. The Morgan fingerprint density at radius 1 is 0.163 bits per heavy atom. The Morgan fingerprint density at radius 2 is 0.429 bits per heavy atom. The van der Waals surface area contributed by atoms with Crippen molar-refractivity contribution in [1.29, 1.82) is 0 Å². The van der Waals surface area contributed by atoms with Crippen LogP contribution in [0.15, 0.2) is 361 Å². The van der Waals surface area contributed by atoms with Gasteiger partial charge in [-0.05, 0) is 176 Å². The summed E-state index contributed by atoms with van der Waals surface area (Å²) in [5.41, 5.74) is 18.4. The molecule has 0 saturated heterocycles. The molecule has 458 valence electrons. The second-order valence-corrected chi connectivity index (χ2v) is 25.5. The summed E-state index contributed by atoms with van der Waals surface area (Å²) in [4.78, 5) is 9.57. The van der Waals surface area contributed by atoms with E-state index < -0.39 is 0 Å². The fourth-order valence-electron chi connectivity index (χ4n) is 15.7. The summed E-state index contributed by atoms with van der Waals surface area (Å²) in [6.07, 6.45) is 0. The zero-order valence-corrected chi connectivity index (χ0v) is 53.1. The number of anilines is 12. The number of fused-ring (bicyclic) bond motifs is 6. The monoisotopic (exact) mass is 1250 g/mol. The highest BCUT2D eigenvalue weighted by Gasteiger charge is 2.27. The maximum absolute atomic E-state index is 6.75. The van der Waals surface area contributed by atoms with Gasteiger partial charge in [0.2, 0.25) is 0 Å². The SMILES string of the molecule is c1ccc(N(c2ccc(-c3ccc(N(c4ccccc4)c4ccc5ccc6c(N(c7ccccc7)c7cccc8c7oc7ccccc78)ccc7ccc4c5c76)cc3)cc2)c2ccc3ccc4c(N(c5ccccc5)c5cccc6c5oc5ccccc56)ccc5ccc2c3c54)cc1. The predicted octanol–water partition coefficient (Wildman–Crippen LogP) is 26.8. The van der Waals surface area contributed by atoms with Crippen LogP contribution in [0.1, 0.15) is 0 Å². The molecule has 0 spiro atoms. The lowest BCUT2D eigenvalue weighted by molar-refractivity contribution is 0.669. The first-order valence-corrected chi connectivity index (χ1v) is 33.5. The van der Waals surface area contributed by atoms with Gasteiger partial charge in [-0.25, -0.2) is 0 Å². The van der Waals surface area contributed by atoms with Gasteiger partial charge in [0.05, 0.1) is 34.1 Å². The lowest BCUT2D eigenvalue weighted by Gasteiger charge is -2.29. The third-order valence-corrected chi connectivity index (χ3v) is 20.1. The molecule has 0 atom stereocenters. The molecule has 2 heterocycles. The average Bonchev–Trinajstić information content (AvgIpc) is 1.14. The maximum atomic E-state index is 6.75. The van der Waals surface area contributed by atoms with Crippen molar-refractivity contribution in [2.24, 2.45) is 0 Å². The lowest BCUT2D eigenvalue weighted by atomic mass is 9.91. The standard InChI is InChI=1S/C92H58N4O2/c1-5-19-65(20-6-1)93(79-55-43-61-41-53-77-81(57-45-63-39-51-75(79)87(61)89(63)77)95(67-23-9-3-10-24-67)83-31-17-29-73-71-27-13-15-33-85(71)97-91(73)83)69-47-35-59(36-48-69)60-37-49-70(50-38-60)94(66-21-7-2-8-22-66)80-56-44-62-42-54-78-82(58-46-64-40-52-76(80)88(62)90(64)78)96(68-25-11-4-12-26-68)84-32-18-30-74-72-28-14-16-34-86(72)98-92(74)84/h1-58H. The second-order valence-electron chi connectivity index (χ2n) is 25.5. The molecule has 0 saturated carbocycles. The molecule has 0 aliphatic rings. The summed E-state index contributed by atoms with van der Waals surface area (Å²) in [6.45, 7) is 0. The van der Waals surface area contributed by atoms with Crippen molar-refractivity contribution in [3.05, 3.63) is 352 Å². The van der Waals surface area contributed by atoms with Gasteiger partial charge in [-0.2, -0.15) is 0 Å². The number of hydrogen-bond acceptors (Lipinski definition) is 6. The van der Waals surface area contributed by atoms with Crippen LogP contribution < -0.4 is 19.6 Å². The topological polar surface area (TPSA) is 39.2 Å². The Bertz CT molecular complexity index is 6030. The summed E-state index contributed by atoms with van der Waals surface area (Å²) < 4.78 is 13.5. The van der Waals surface area contributed by atoms with E-state index >= 15 is 0 Å². The average molecular weight is 1250 g/mol. The quantitative estimate of drug-likeness (QED) is 0.107. The molecule has 20 rings (SSSR count). The number of hydrogen-bond donors (Lipinski definition) is 0. The fourth-order valence-corrected chi connectivity index (χ4v) is 15.7. The zero-order valence-electron chi connectivity index (χ0n) is 53.1. The first-order valence-electron chi connectivity index (χ1n) is 33.5. The highest BCUT2D eigenvalue weighted by atomic mass is 16.3. The number of para-hydroxylation sites is 8. The maximum Gasteiger partial charge on any atom is 0.159 e. The summed E-state index contributed by atoms with van der Waals surface area (Å²) in [7, 11) is 0. The smallest absolute Gasteiger partial charge is 0.159 e. The van der Waals surface area contributed by atoms with Crippen LogP contribution in [0.2, 0.25) is 0 Å². The minimum absolute atomic E-state index is 0.857. The van der Waals surface area contributed by atoms with Crippen LogP contribution in [0.5, 0.6) is 0 Å². The van der Waals surface area contributed by atoms with E-state index in [4.69, 9.17) is 8.83 Å². The van der Waals surface area contributed by atoms with E-state index in [1.165, 1.54) is 53.9 Å². The Kier molecular flexibility index (Phi) is 12.6. The first-order chi connectivity index (χ1) is 48.6. The third-order valence-electron chi connectivity index (χ3n) is 20.1. The predicted molar refractivity (Wildman–Crippen MR) is 413 cm³/mol. The van der Waals surface area contributed by atoms with Crippen LogP contribution in [0.25, 0.3) is 120 Å². The van der Waals surface area contributed by atoms with Crippen LogP contribution in [0, 0.1) is 0 Å². The molecular weight excluding hydrogens is 1190 g/mol. The molecule has 2 aromatic heterocycles. The molecule has 98 heavy (non-hydrogen) atoms. The van der Waals surface area contributed by atoms with Gasteiger partial charge in [0.25, 0.3) is 0 Å².